The van der Waals surface area contributed by atoms with Gasteiger partial charge in [-0.15, -0.1) is 0 Å². The maximum atomic E-state index is 12.8. The van der Waals surface area contributed by atoms with E-state index in [1.165, 1.54) is 6.07 Å². The minimum absolute atomic E-state index is 0.0701. The molecule has 148 valence electrons. The Bertz CT molecular complexity index is 1040. The van der Waals surface area contributed by atoms with Gasteiger partial charge in [0.05, 0.1) is 7.11 Å². The molecule has 8 heteroatoms. The van der Waals surface area contributed by atoms with Crippen LogP contribution in [0, 0.1) is 0 Å². The Kier molecular flexibility index (Phi) is 6.90. The van der Waals surface area contributed by atoms with E-state index in [0.29, 0.717) is 16.1 Å². The van der Waals surface area contributed by atoms with Crippen molar-refractivity contribution in [2.45, 2.75) is 0 Å². The number of amides is 2. The highest BCUT2D eigenvalue weighted by Gasteiger charge is 2.17. The van der Waals surface area contributed by atoms with Crippen molar-refractivity contribution in [1.82, 2.24) is 5.32 Å². The van der Waals surface area contributed by atoms with Crippen LogP contribution in [0.1, 0.15) is 16.1 Å². The number of anilines is 1. The predicted octanol–water partition coefficient (Wildman–Crippen LogP) is 5.22. The zero-order valence-electron chi connectivity index (χ0n) is 15.2. The number of hydrogen-bond donors (Lipinski definition) is 2. The van der Waals surface area contributed by atoms with E-state index in [1.807, 2.05) is 24.3 Å². The fraction of sp³-hybridized carbons (Fsp3) is 0.0476. The Hall–Kier alpha value is -2.84. The number of carbonyl (C=O) groups is 2. The van der Waals surface area contributed by atoms with Crippen molar-refractivity contribution in [3.8, 4) is 5.75 Å². The summed E-state index contributed by atoms with van der Waals surface area (Å²) in [6.45, 7) is 0. The first-order valence-electron chi connectivity index (χ1n) is 8.44. The highest BCUT2D eigenvalue weighted by atomic mass is 79.9. The fourth-order valence-corrected chi connectivity index (χ4v) is 2.95. The summed E-state index contributed by atoms with van der Waals surface area (Å²) in [7, 11) is 1.56. The van der Waals surface area contributed by atoms with E-state index in [2.05, 4.69) is 42.5 Å². The van der Waals surface area contributed by atoms with E-state index in [9.17, 15) is 9.59 Å². The number of hydrogen-bond acceptors (Lipinski definition) is 4. The van der Waals surface area contributed by atoms with Crippen LogP contribution in [0.15, 0.2) is 79.9 Å². The molecule has 0 spiro atoms. The van der Waals surface area contributed by atoms with Crippen LogP contribution in [0.4, 0.5) is 5.69 Å². The molecule has 0 bridgehead atoms. The van der Waals surface area contributed by atoms with Gasteiger partial charge in [0.2, 0.25) is 0 Å². The highest BCUT2D eigenvalue weighted by molar-refractivity contribution is 9.10. The largest absolute Gasteiger partial charge is 0.497 e. The lowest BCUT2D eigenvalue weighted by atomic mass is 10.2. The maximum Gasteiger partial charge on any atom is 0.291 e. The first-order chi connectivity index (χ1) is 13.9. The topological polar surface area (TPSA) is 80.6 Å². The molecule has 29 heavy (non-hydrogen) atoms. The van der Waals surface area contributed by atoms with Crippen molar-refractivity contribution >= 4 is 55.4 Å². The molecule has 0 unspecified atom stereocenters. The third-order valence-electron chi connectivity index (χ3n) is 3.82. The standard InChI is InChI=1S/C21H16Br2N2O4/c1-28-16-8-6-15(7-9-16)24-20(26)17(12-13-2-4-14(22)5-3-13)25-21(27)18-10-11-19(23)29-18/h2-12H,1H3,(H,24,26)(H,25,27). The molecule has 0 saturated heterocycles. The van der Waals surface area contributed by atoms with Crippen molar-refractivity contribution in [1.29, 1.82) is 0 Å². The molecule has 6 nitrogen and oxygen atoms in total. The second-order valence-corrected chi connectivity index (χ2v) is 7.55. The van der Waals surface area contributed by atoms with E-state index >= 15 is 0 Å². The molecule has 1 aromatic heterocycles. The monoisotopic (exact) mass is 518 g/mol. The number of rotatable bonds is 6. The molecular weight excluding hydrogens is 504 g/mol. The lowest BCUT2D eigenvalue weighted by Gasteiger charge is -2.11. The van der Waals surface area contributed by atoms with E-state index in [1.54, 1.807) is 43.5 Å². The summed E-state index contributed by atoms with van der Waals surface area (Å²) in [4.78, 5) is 25.3. The molecule has 0 radical (unpaired) electrons. The van der Waals surface area contributed by atoms with Crippen LogP contribution in [0.2, 0.25) is 0 Å². The van der Waals surface area contributed by atoms with Gasteiger partial charge in [-0.05, 0) is 76.1 Å². The van der Waals surface area contributed by atoms with Crippen LogP contribution in [0.3, 0.4) is 0 Å². The Morgan fingerprint density at radius 1 is 0.966 bits per heavy atom. The molecule has 0 saturated carbocycles. The minimum atomic E-state index is -0.538. The molecule has 0 fully saturated rings. The van der Waals surface area contributed by atoms with E-state index in [-0.39, 0.29) is 11.5 Å². The van der Waals surface area contributed by atoms with Gasteiger partial charge in [-0.1, -0.05) is 28.1 Å². The molecule has 3 aromatic rings. The van der Waals surface area contributed by atoms with E-state index < -0.39 is 11.8 Å². The lowest BCUT2D eigenvalue weighted by molar-refractivity contribution is -0.113. The van der Waals surface area contributed by atoms with Crippen molar-refractivity contribution in [2.24, 2.45) is 0 Å². The van der Waals surface area contributed by atoms with Crippen molar-refractivity contribution < 1.29 is 18.7 Å². The van der Waals surface area contributed by atoms with E-state index in [0.717, 1.165) is 10.0 Å². The smallest absolute Gasteiger partial charge is 0.291 e. The van der Waals surface area contributed by atoms with Gasteiger partial charge in [0.25, 0.3) is 11.8 Å². The SMILES string of the molecule is COc1ccc(NC(=O)C(=Cc2ccc(Br)cc2)NC(=O)c2ccc(Br)o2)cc1. The summed E-state index contributed by atoms with van der Waals surface area (Å²) in [5, 5.41) is 5.37. The van der Waals surface area contributed by atoms with Crippen molar-refractivity contribution in [2.75, 3.05) is 12.4 Å². The first kappa shape index (κ1) is 20.9. The molecule has 2 aromatic carbocycles. The minimum Gasteiger partial charge on any atom is -0.497 e. The molecule has 0 atom stereocenters. The second-order valence-electron chi connectivity index (χ2n) is 5.85. The Balaban J connectivity index is 1.85. The van der Waals surface area contributed by atoms with Crippen LogP contribution < -0.4 is 15.4 Å². The van der Waals surface area contributed by atoms with Gasteiger partial charge in [0.15, 0.2) is 10.4 Å². The van der Waals surface area contributed by atoms with Gasteiger partial charge >= 0.3 is 0 Å². The van der Waals surface area contributed by atoms with Crippen LogP contribution in [-0.4, -0.2) is 18.9 Å². The zero-order valence-corrected chi connectivity index (χ0v) is 18.4. The summed E-state index contributed by atoms with van der Waals surface area (Å²) in [5.74, 6) is -0.262. The average Bonchev–Trinajstić information content (AvgIpc) is 3.16. The van der Waals surface area contributed by atoms with Crippen LogP contribution >= 0.6 is 31.9 Å². The molecule has 0 aliphatic rings. The van der Waals surface area contributed by atoms with Gasteiger partial charge in [0.1, 0.15) is 11.4 Å². The van der Waals surface area contributed by atoms with Gasteiger partial charge in [-0.3, -0.25) is 9.59 Å². The Labute approximate surface area is 184 Å². The number of halogens is 2. The fourth-order valence-electron chi connectivity index (χ4n) is 2.38. The predicted molar refractivity (Wildman–Crippen MR) is 118 cm³/mol. The van der Waals surface area contributed by atoms with Gasteiger partial charge < -0.3 is 19.8 Å². The zero-order chi connectivity index (χ0) is 20.8. The third kappa shape index (κ3) is 5.82. The summed E-state index contributed by atoms with van der Waals surface area (Å²) >= 11 is 6.53. The number of furan rings is 1. The Morgan fingerprint density at radius 3 is 2.24 bits per heavy atom. The number of ether oxygens (including phenoxy) is 1. The number of benzene rings is 2. The molecule has 2 N–H and O–H groups in total. The normalized spacial score (nSPS) is 11.1. The lowest BCUT2D eigenvalue weighted by Crippen LogP contribution is -2.30. The molecule has 2 amide bonds. The molecule has 0 aliphatic heterocycles. The van der Waals surface area contributed by atoms with Crippen molar-refractivity contribution in [3.63, 3.8) is 0 Å². The van der Waals surface area contributed by atoms with Crippen molar-refractivity contribution in [3.05, 3.63) is 86.8 Å². The second kappa shape index (κ2) is 9.58. The van der Waals surface area contributed by atoms with Crippen LogP contribution in [0.25, 0.3) is 6.08 Å². The summed E-state index contributed by atoms with van der Waals surface area (Å²) in [5.41, 5.74) is 1.38. The number of carbonyl (C=O) groups excluding carboxylic acids is 2. The molecular formula is C21H16Br2N2O4. The van der Waals surface area contributed by atoms with E-state index in [4.69, 9.17) is 9.15 Å². The van der Waals surface area contributed by atoms with Gasteiger partial charge in [0, 0.05) is 10.2 Å². The molecule has 0 aliphatic carbocycles. The van der Waals surface area contributed by atoms with Crippen LogP contribution in [-0.2, 0) is 4.79 Å². The summed E-state index contributed by atoms with van der Waals surface area (Å²) in [6.07, 6.45) is 1.58. The molecule has 3 rings (SSSR count). The third-order valence-corrected chi connectivity index (χ3v) is 4.77. The number of nitrogens with one attached hydrogen (secondary N) is 2. The number of methoxy groups -OCH3 is 1. The highest BCUT2D eigenvalue weighted by Crippen LogP contribution is 2.18. The maximum absolute atomic E-state index is 12.8. The average molecular weight is 520 g/mol. The van der Waals surface area contributed by atoms with Crippen LogP contribution in [0.5, 0.6) is 5.75 Å². The Morgan fingerprint density at radius 2 is 1.66 bits per heavy atom. The van der Waals surface area contributed by atoms with Gasteiger partial charge in [-0.2, -0.15) is 0 Å². The molecule has 1 heterocycles. The summed E-state index contributed by atoms with van der Waals surface area (Å²) in [6, 6.07) is 17.3. The quantitative estimate of drug-likeness (QED) is 0.437. The first-order valence-corrected chi connectivity index (χ1v) is 10.0. The summed E-state index contributed by atoms with van der Waals surface area (Å²) < 4.78 is 11.7. The van der Waals surface area contributed by atoms with Gasteiger partial charge in [-0.25, -0.2) is 0 Å².